The lowest BCUT2D eigenvalue weighted by Crippen LogP contribution is -2.29. The van der Waals surface area contributed by atoms with Gasteiger partial charge < -0.3 is 10.6 Å². The number of halogens is 4. The van der Waals surface area contributed by atoms with Gasteiger partial charge in [-0.05, 0) is 31.4 Å². The number of anilines is 2. The van der Waals surface area contributed by atoms with Gasteiger partial charge in [0.1, 0.15) is 10.7 Å². The lowest BCUT2D eigenvalue weighted by Gasteiger charge is -2.28. The van der Waals surface area contributed by atoms with E-state index in [1.165, 1.54) is 23.8 Å². The van der Waals surface area contributed by atoms with Crippen LogP contribution in [0.15, 0.2) is 18.2 Å². The number of nitrogens with zero attached hydrogens (tertiary/aromatic N) is 2. The molecule has 0 unspecified atom stereocenters. The average molecular weight is 362 g/mol. The van der Waals surface area contributed by atoms with Crippen LogP contribution in [-0.4, -0.2) is 18.1 Å². The number of alkyl halides is 3. The molecule has 0 amide bonds. The molecule has 1 aliphatic heterocycles. The summed E-state index contributed by atoms with van der Waals surface area (Å²) in [5.41, 5.74) is 5.84. The molecule has 0 radical (unpaired) electrons. The Bertz CT molecular complexity index is 708. The predicted molar refractivity (Wildman–Crippen MR) is 88.0 cm³/mol. The first-order chi connectivity index (χ1) is 10.9. The number of nitrogens with two attached hydrogens (primary N) is 1. The van der Waals surface area contributed by atoms with Gasteiger partial charge in [0, 0.05) is 18.7 Å². The molecule has 0 aliphatic carbocycles. The van der Waals surface area contributed by atoms with Crippen molar-refractivity contribution in [2.45, 2.75) is 25.4 Å². The Morgan fingerprint density at radius 1 is 1.17 bits per heavy atom. The fourth-order valence-electron chi connectivity index (χ4n) is 2.72. The summed E-state index contributed by atoms with van der Waals surface area (Å²) in [6.07, 6.45) is -1.21. The van der Waals surface area contributed by atoms with Crippen LogP contribution in [0, 0.1) is 0 Å². The highest BCUT2D eigenvalue weighted by Gasteiger charge is 2.34. The monoisotopic (exact) mass is 361 g/mol. The third kappa shape index (κ3) is 3.40. The minimum atomic E-state index is -4.50. The molecule has 1 saturated heterocycles. The molecule has 2 heterocycles. The molecule has 124 valence electrons. The van der Waals surface area contributed by atoms with E-state index in [1.807, 2.05) is 0 Å². The molecule has 0 spiro atoms. The molecule has 8 heteroatoms. The lowest BCUT2D eigenvalue weighted by atomic mass is 10.1. The van der Waals surface area contributed by atoms with Crippen molar-refractivity contribution in [3.05, 3.63) is 28.8 Å². The summed E-state index contributed by atoms with van der Waals surface area (Å²) < 4.78 is 39.2. The maximum absolute atomic E-state index is 13.1. The third-order valence-corrected chi connectivity index (χ3v) is 5.09. The van der Waals surface area contributed by atoms with E-state index in [1.54, 1.807) is 6.07 Å². The molecule has 2 aromatic rings. The first-order valence-electron chi connectivity index (χ1n) is 7.24. The first-order valence-corrected chi connectivity index (χ1v) is 8.44. The van der Waals surface area contributed by atoms with E-state index in [2.05, 4.69) is 9.88 Å². The lowest BCUT2D eigenvalue weighted by molar-refractivity contribution is -0.137. The summed E-state index contributed by atoms with van der Waals surface area (Å²) in [6.45, 7) is 1.74. The molecule has 0 saturated carbocycles. The second-order valence-electron chi connectivity index (χ2n) is 5.45. The van der Waals surface area contributed by atoms with Crippen LogP contribution in [0.3, 0.4) is 0 Å². The molecule has 23 heavy (non-hydrogen) atoms. The minimum absolute atomic E-state index is 0.316. The van der Waals surface area contributed by atoms with Crippen LogP contribution < -0.4 is 10.6 Å². The van der Waals surface area contributed by atoms with Gasteiger partial charge in [0.2, 0.25) is 0 Å². The number of benzene rings is 1. The number of piperidine rings is 1. The van der Waals surface area contributed by atoms with Crippen molar-refractivity contribution in [1.82, 2.24) is 4.98 Å². The van der Waals surface area contributed by atoms with Crippen molar-refractivity contribution in [1.29, 1.82) is 0 Å². The number of nitrogen functional groups attached to an aromatic ring is 1. The fraction of sp³-hybridized carbons (Fsp3) is 0.400. The Kier molecular flexibility index (Phi) is 4.42. The van der Waals surface area contributed by atoms with Crippen molar-refractivity contribution in [2.24, 2.45) is 0 Å². The SMILES string of the molecule is Nc1nc(-c2ccc(Cl)c(C(F)(F)F)c2)c(N2CCCCC2)s1. The summed E-state index contributed by atoms with van der Waals surface area (Å²) >= 11 is 7.00. The predicted octanol–water partition coefficient (Wildman–Crippen LogP) is 5.05. The van der Waals surface area contributed by atoms with Gasteiger partial charge in [0.05, 0.1) is 10.6 Å². The van der Waals surface area contributed by atoms with Crippen molar-refractivity contribution < 1.29 is 13.2 Å². The highest BCUT2D eigenvalue weighted by molar-refractivity contribution is 7.19. The van der Waals surface area contributed by atoms with Gasteiger partial charge in [-0.2, -0.15) is 13.2 Å². The van der Waals surface area contributed by atoms with E-state index in [9.17, 15) is 13.2 Å². The molecule has 2 N–H and O–H groups in total. The zero-order chi connectivity index (χ0) is 16.6. The van der Waals surface area contributed by atoms with E-state index in [0.29, 0.717) is 16.4 Å². The smallest absolute Gasteiger partial charge is 0.375 e. The number of rotatable bonds is 2. The highest BCUT2D eigenvalue weighted by atomic mass is 35.5. The maximum Gasteiger partial charge on any atom is 0.417 e. The van der Waals surface area contributed by atoms with Crippen LogP contribution in [-0.2, 0) is 6.18 Å². The first kappa shape index (κ1) is 16.4. The molecule has 0 atom stereocenters. The topological polar surface area (TPSA) is 42.1 Å². The molecule has 1 aromatic heterocycles. The van der Waals surface area contributed by atoms with E-state index >= 15 is 0 Å². The number of aromatic nitrogens is 1. The molecule has 1 aliphatic rings. The highest BCUT2D eigenvalue weighted by Crippen LogP contribution is 2.42. The van der Waals surface area contributed by atoms with Crippen molar-refractivity contribution in [3.8, 4) is 11.3 Å². The Labute approximate surface area is 140 Å². The number of hydrogen-bond acceptors (Lipinski definition) is 4. The van der Waals surface area contributed by atoms with Crippen LogP contribution >= 0.6 is 22.9 Å². The summed E-state index contributed by atoms with van der Waals surface area (Å²) in [5, 5.41) is 0.866. The van der Waals surface area contributed by atoms with Gasteiger partial charge in [-0.3, -0.25) is 0 Å². The van der Waals surface area contributed by atoms with E-state index in [0.717, 1.165) is 37.0 Å². The second kappa shape index (κ2) is 6.20. The van der Waals surface area contributed by atoms with E-state index in [-0.39, 0.29) is 5.02 Å². The maximum atomic E-state index is 13.1. The molecule has 3 rings (SSSR count). The molecule has 1 fully saturated rings. The largest absolute Gasteiger partial charge is 0.417 e. The summed E-state index contributed by atoms with van der Waals surface area (Å²) in [7, 11) is 0. The Balaban J connectivity index is 2.05. The van der Waals surface area contributed by atoms with Gasteiger partial charge in [0.25, 0.3) is 0 Å². The van der Waals surface area contributed by atoms with Gasteiger partial charge in [0.15, 0.2) is 5.13 Å². The van der Waals surface area contributed by atoms with E-state index < -0.39 is 11.7 Å². The van der Waals surface area contributed by atoms with Gasteiger partial charge in [-0.1, -0.05) is 29.0 Å². The quantitative estimate of drug-likeness (QED) is 0.813. The van der Waals surface area contributed by atoms with Gasteiger partial charge in [-0.25, -0.2) is 4.98 Å². The van der Waals surface area contributed by atoms with Crippen LogP contribution in [0.1, 0.15) is 24.8 Å². The van der Waals surface area contributed by atoms with Crippen LogP contribution in [0.25, 0.3) is 11.3 Å². The van der Waals surface area contributed by atoms with Crippen LogP contribution in [0.2, 0.25) is 5.02 Å². The summed E-state index contributed by atoms with van der Waals surface area (Å²) in [4.78, 5) is 6.40. The number of thiazole rings is 1. The molecular weight excluding hydrogens is 347 g/mol. The van der Waals surface area contributed by atoms with Crippen molar-refractivity contribution in [2.75, 3.05) is 23.7 Å². The third-order valence-electron chi connectivity index (χ3n) is 3.81. The average Bonchev–Trinajstić information content (AvgIpc) is 2.89. The summed E-state index contributed by atoms with van der Waals surface area (Å²) in [6, 6.07) is 3.86. The normalized spacial score (nSPS) is 15.9. The Morgan fingerprint density at radius 2 is 1.87 bits per heavy atom. The van der Waals surface area contributed by atoms with E-state index in [4.69, 9.17) is 17.3 Å². The molecular formula is C15H15ClF3N3S. The zero-order valence-corrected chi connectivity index (χ0v) is 13.7. The molecule has 0 bridgehead atoms. The van der Waals surface area contributed by atoms with Gasteiger partial charge >= 0.3 is 6.18 Å². The second-order valence-corrected chi connectivity index (χ2v) is 6.86. The summed E-state index contributed by atoms with van der Waals surface area (Å²) in [5.74, 6) is 0. The number of hydrogen-bond donors (Lipinski definition) is 1. The Hall–Kier alpha value is -1.47. The Morgan fingerprint density at radius 3 is 2.52 bits per heavy atom. The fourth-order valence-corrected chi connectivity index (χ4v) is 3.85. The molecule has 3 nitrogen and oxygen atoms in total. The van der Waals surface area contributed by atoms with Crippen LogP contribution in [0.5, 0.6) is 0 Å². The minimum Gasteiger partial charge on any atom is -0.375 e. The van der Waals surface area contributed by atoms with Gasteiger partial charge in [-0.15, -0.1) is 0 Å². The van der Waals surface area contributed by atoms with Crippen molar-refractivity contribution in [3.63, 3.8) is 0 Å². The zero-order valence-electron chi connectivity index (χ0n) is 12.2. The van der Waals surface area contributed by atoms with Crippen molar-refractivity contribution >= 4 is 33.1 Å². The standard InChI is InChI=1S/C15H15ClF3N3S/c16-11-5-4-9(8-10(11)15(17,18)19)12-13(23-14(20)21-12)22-6-2-1-3-7-22/h4-5,8H,1-3,6-7H2,(H2,20,21). The van der Waals surface area contributed by atoms with Crippen LogP contribution in [0.4, 0.5) is 23.3 Å². The molecule has 1 aromatic carbocycles.